The number of carboxylic acids is 1. The number of anilines is 3. The van der Waals surface area contributed by atoms with Crippen LogP contribution in [0.2, 0.25) is 0 Å². The van der Waals surface area contributed by atoms with Crippen molar-refractivity contribution in [1.29, 1.82) is 0 Å². The third-order valence-corrected chi connectivity index (χ3v) is 3.48. The van der Waals surface area contributed by atoms with Gasteiger partial charge in [-0.2, -0.15) is 0 Å². The van der Waals surface area contributed by atoms with Crippen LogP contribution in [-0.2, 0) is 11.3 Å². The number of pyridine rings is 1. The first-order valence-corrected chi connectivity index (χ1v) is 8.31. The quantitative estimate of drug-likeness (QED) is 0.501. The maximum absolute atomic E-state index is 12.8. The van der Waals surface area contributed by atoms with Crippen molar-refractivity contribution in [2.45, 2.75) is 26.5 Å². The highest BCUT2D eigenvalue weighted by Crippen LogP contribution is 2.23. The number of hydrogen-bond acceptors (Lipinski definition) is 6. The standard InChI is InChI=1S/C15H17FN4O2.C3H6O3/c1-2-20(15(21)22)12-7-8-13(19-14(12)17)18-9-10-3-5-11(16)6-4-10;1-2(4)3(5)6/h3-8H,2,9H2,1H3,(H,21,22)(H3,17,18,19);2,4H,1H3,(H,5,6). The van der Waals surface area contributed by atoms with Gasteiger partial charge in [0.25, 0.3) is 0 Å². The summed E-state index contributed by atoms with van der Waals surface area (Å²) in [5.74, 6) is -0.820. The van der Waals surface area contributed by atoms with E-state index in [1.807, 2.05) is 0 Å². The van der Waals surface area contributed by atoms with Crippen molar-refractivity contribution in [1.82, 2.24) is 4.98 Å². The van der Waals surface area contributed by atoms with E-state index in [4.69, 9.17) is 21.1 Å². The van der Waals surface area contributed by atoms with Crippen molar-refractivity contribution in [3.63, 3.8) is 0 Å². The molecule has 2 aromatic rings. The SMILES string of the molecule is CC(O)C(=O)O.CCN(C(=O)O)c1ccc(NCc2ccc(F)cc2)nc1N. The van der Waals surface area contributed by atoms with Crippen molar-refractivity contribution in [2.24, 2.45) is 0 Å². The molecule has 0 aliphatic rings. The Morgan fingerprint density at radius 3 is 2.21 bits per heavy atom. The Labute approximate surface area is 161 Å². The molecule has 6 N–H and O–H groups in total. The summed E-state index contributed by atoms with van der Waals surface area (Å²) in [5, 5.41) is 27.9. The third-order valence-electron chi connectivity index (χ3n) is 3.48. The number of hydrogen-bond donors (Lipinski definition) is 5. The van der Waals surface area contributed by atoms with E-state index >= 15 is 0 Å². The number of halogens is 1. The number of carboxylic acid groups (broad SMARTS) is 2. The fraction of sp³-hybridized carbons (Fsp3) is 0.278. The van der Waals surface area contributed by atoms with Gasteiger partial charge < -0.3 is 26.4 Å². The molecule has 0 saturated carbocycles. The van der Waals surface area contributed by atoms with E-state index in [1.165, 1.54) is 19.1 Å². The van der Waals surface area contributed by atoms with Gasteiger partial charge in [-0.25, -0.2) is 19.0 Å². The van der Waals surface area contributed by atoms with Crippen LogP contribution in [0, 0.1) is 5.82 Å². The lowest BCUT2D eigenvalue weighted by atomic mass is 10.2. The summed E-state index contributed by atoms with van der Waals surface area (Å²) in [6.07, 6.45) is -2.31. The molecule has 10 heteroatoms. The van der Waals surface area contributed by atoms with Crippen molar-refractivity contribution in [3.8, 4) is 0 Å². The highest BCUT2D eigenvalue weighted by molar-refractivity contribution is 5.89. The minimum Gasteiger partial charge on any atom is -0.479 e. The number of nitrogens with zero attached hydrogens (tertiary/aromatic N) is 2. The topological polar surface area (TPSA) is 149 Å². The molecule has 0 radical (unpaired) electrons. The molecule has 9 nitrogen and oxygen atoms in total. The first-order chi connectivity index (χ1) is 13.1. The summed E-state index contributed by atoms with van der Waals surface area (Å²) in [7, 11) is 0. The third kappa shape index (κ3) is 7.08. The van der Waals surface area contributed by atoms with Gasteiger partial charge in [0.1, 0.15) is 23.6 Å². The number of nitrogen functional groups attached to an aromatic ring is 1. The number of aromatic nitrogens is 1. The van der Waals surface area contributed by atoms with Crippen molar-refractivity contribution >= 4 is 29.4 Å². The average Bonchev–Trinajstić information content (AvgIpc) is 2.63. The predicted molar refractivity (Wildman–Crippen MR) is 103 cm³/mol. The molecule has 0 fully saturated rings. The molecule has 152 valence electrons. The summed E-state index contributed by atoms with van der Waals surface area (Å²) in [6, 6.07) is 9.36. The van der Waals surface area contributed by atoms with E-state index in [1.54, 1.807) is 31.2 Å². The zero-order valence-electron chi connectivity index (χ0n) is 15.5. The fourth-order valence-electron chi connectivity index (χ4n) is 2.00. The summed E-state index contributed by atoms with van der Waals surface area (Å²) in [5.41, 5.74) is 7.06. The first kappa shape index (κ1) is 22.6. The second-order valence-electron chi connectivity index (χ2n) is 5.62. The summed E-state index contributed by atoms with van der Waals surface area (Å²) in [4.78, 5) is 25.8. The van der Waals surface area contributed by atoms with Crippen molar-refractivity contribution in [2.75, 3.05) is 22.5 Å². The number of aliphatic hydroxyl groups is 1. The van der Waals surface area contributed by atoms with Crippen LogP contribution in [-0.4, -0.2) is 45.0 Å². The van der Waals surface area contributed by atoms with Gasteiger partial charge in [0.2, 0.25) is 0 Å². The molecule has 0 bridgehead atoms. The lowest BCUT2D eigenvalue weighted by molar-refractivity contribution is -0.145. The monoisotopic (exact) mass is 394 g/mol. The van der Waals surface area contributed by atoms with Crippen molar-refractivity contribution in [3.05, 3.63) is 47.8 Å². The zero-order chi connectivity index (χ0) is 21.3. The Bertz CT molecular complexity index is 799. The van der Waals surface area contributed by atoms with Crippen LogP contribution in [0.3, 0.4) is 0 Å². The smallest absolute Gasteiger partial charge is 0.411 e. The van der Waals surface area contributed by atoms with Gasteiger partial charge in [-0.05, 0) is 43.7 Å². The Kier molecular flexibility index (Phi) is 8.63. The number of nitrogens with two attached hydrogens (primary N) is 1. The van der Waals surface area contributed by atoms with Crippen LogP contribution in [0.25, 0.3) is 0 Å². The molecule has 1 atom stereocenters. The van der Waals surface area contributed by atoms with E-state index < -0.39 is 18.2 Å². The van der Waals surface area contributed by atoms with Crippen LogP contribution >= 0.6 is 0 Å². The molecular weight excluding hydrogens is 371 g/mol. The number of rotatable bonds is 6. The van der Waals surface area contributed by atoms with Gasteiger partial charge in [0.15, 0.2) is 0 Å². The Morgan fingerprint density at radius 1 is 1.21 bits per heavy atom. The summed E-state index contributed by atoms with van der Waals surface area (Å²) < 4.78 is 12.8. The molecule has 1 unspecified atom stereocenters. The molecule has 0 saturated heterocycles. The van der Waals surface area contributed by atoms with E-state index in [0.717, 1.165) is 10.5 Å². The number of nitrogens with one attached hydrogen (secondary N) is 1. The normalized spacial score (nSPS) is 11.0. The van der Waals surface area contributed by atoms with Crippen LogP contribution in [0.4, 0.5) is 26.5 Å². The Morgan fingerprint density at radius 2 is 1.79 bits per heavy atom. The Hall–Kier alpha value is -3.40. The summed E-state index contributed by atoms with van der Waals surface area (Å²) in [6.45, 7) is 3.66. The van der Waals surface area contributed by atoms with Gasteiger partial charge >= 0.3 is 12.1 Å². The maximum Gasteiger partial charge on any atom is 0.411 e. The van der Waals surface area contributed by atoms with Crippen LogP contribution in [0.5, 0.6) is 0 Å². The van der Waals surface area contributed by atoms with Gasteiger partial charge in [0, 0.05) is 13.1 Å². The number of aliphatic carboxylic acids is 1. The molecule has 0 spiro atoms. The average molecular weight is 394 g/mol. The van der Waals surface area contributed by atoms with E-state index in [-0.39, 0.29) is 18.2 Å². The van der Waals surface area contributed by atoms with Crippen LogP contribution in [0.1, 0.15) is 19.4 Å². The van der Waals surface area contributed by atoms with Crippen LogP contribution in [0.15, 0.2) is 36.4 Å². The van der Waals surface area contributed by atoms with E-state index in [0.29, 0.717) is 18.1 Å². The minimum absolute atomic E-state index is 0.133. The number of benzene rings is 1. The lowest BCUT2D eigenvalue weighted by Crippen LogP contribution is -2.29. The molecule has 0 aliphatic carbocycles. The molecular formula is C18H23FN4O5. The van der Waals surface area contributed by atoms with Gasteiger partial charge in [-0.3, -0.25) is 4.90 Å². The Balaban J connectivity index is 0.000000568. The highest BCUT2D eigenvalue weighted by Gasteiger charge is 2.15. The predicted octanol–water partition coefficient (Wildman–Crippen LogP) is 2.37. The molecule has 2 rings (SSSR count). The number of amides is 1. The fourth-order valence-corrected chi connectivity index (χ4v) is 2.00. The van der Waals surface area contributed by atoms with Gasteiger partial charge in [-0.1, -0.05) is 12.1 Å². The second kappa shape index (κ2) is 10.7. The van der Waals surface area contributed by atoms with Crippen molar-refractivity contribution < 1.29 is 29.3 Å². The number of aliphatic hydroxyl groups excluding tert-OH is 1. The first-order valence-electron chi connectivity index (χ1n) is 8.31. The molecule has 0 aliphatic heterocycles. The maximum atomic E-state index is 12.8. The van der Waals surface area contributed by atoms with E-state index in [9.17, 15) is 14.0 Å². The van der Waals surface area contributed by atoms with Crippen LogP contribution < -0.4 is 16.0 Å². The van der Waals surface area contributed by atoms with E-state index in [2.05, 4.69) is 10.3 Å². The summed E-state index contributed by atoms with van der Waals surface area (Å²) >= 11 is 0. The molecule has 28 heavy (non-hydrogen) atoms. The van der Waals surface area contributed by atoms with Gasteiger partial charge in [0.05, 0.1) is 5.69 Å². The molecule has 1 aromatic heterocycles. The molecule has 1 heterocycles. The minimum atomic E-state index is -1.23. The van der Waals surface area contributed by atoms with Gasteiger partial charge in [-0.15, -0.1) is 0 Å². The lowest BCUT2D eigenvalue weighted by Gasteiger charge is -2.19. The largest absolute Gasteiger partial charge is 0.479 e. The second-order valence-corrected chi connectivity index (χ2v) is 5.62. The molecule has 1 amide bonds. The zero-order valence-corrected chi connectivity index (χ0v) is 15.5. The molecule has 1 aromatic carbocycles. The number of carbonyl (C=O) groups is 2. The highest BCUT2D eigenvalue weighted by atomic mass is 19.1.